The van der Waals surface area contributed by atoms with Crippen molar-refractivity contribution in [3.8, 4) is 11.5 Å². The number of methoxy groups -OCH3 is 2. The van der Waals surface area contributed by atoms with Gasteiger partial charge >= 0.3 is 0 Å². The second-order valence-electron chi connectivity index (χ2n) is 5.85. The molecule has 3 rings (SSSR count). The molecule has 0 aliphatic heterocycles. The van der Waals surface area contributed by atoms with Gasteiger partial charge in [-0.05, 0) is 0 Å². The van der Waals surface area contributed by atoms with E-state index >= 15 is 0 Å². The molecule has 0 atom stereocenters. The molecule has 1 amide bonds. The number of hydrogen-bond acceptors (Lipinski definition) is 6. The van der Waals surface area contributed by atoms with Gasteiger partial charge in [0.1, 0.15) is 11.5 Å². The summed E-state index contributed by atoms with van der Waals surface area (Å²) < 4.78 is 10.4. The summed E-state index contributed by atoms with van der Waals surface area (Å²) in [6.07, 6.45) is 0. The highest BCUT2D eigenvalue weighted by atomic mass is 16.5. The van der Waals surface area contributed by atoms with Crippen LogP contribution in [0.25, 0.3) is 0 Å². The number of rotatable bonds is 4. The minimum atomic E-state index is -2.50. The highest BCUT2D eigenvalue weighted by Crippen LogP contribution is 2.46. The maximum Gasteiger partial charge on any atom is 0.222 e. The summed E-state index contributed by atoms with van der Waals surface area (Å²) in [6.45, 7) is 1.27. The molecule has 0 spiro atoms. The molecular weight excluding hydrogens is 338 g/mol. The maximum atomic E-state index is 12.9. The van der Waals surface area contributed by atoms with E-state index < -0.39 is 23.1 Å². The van der Waals surface area contributed by atoms with E-state index in [2.05, 4.69) is 5.32 Å². The van der Waals surface area contributed by atoms with Crippen molar-refractivity contribution in [2.75, 3.05) is 19.5 Å². The average Bonchev–Trinajstić information content (AvgIpc) is 2.83. The van der Waals surface area contributed by atoms with Gasteiger partial charge in [0, 0.05) is 30.2 Å². The van der Waals surface area contributed by atoms with E-state index in [-0.39, 0.29) is 28.1 Å². The van der Waals surface area contributed by atoms with E-state index in [1.54, 1.807) is 12.1 Å². The van der Waals surface area contributed by atoms with Crippen LogP contribution in [0, 0.1) is 0 Å². The van der Waals surface area contributed by atoms with Crippen molar-refractivity contribution in [2.24, 2.45) is 0 Å². The monoisotopic (exact) mass is 355 g/mol. The van der Waals surface area contributed by atoms with Gasteiger partial charge in [0.05, 0.1) is 25.5 Å². The lowest BCUT2D eigenvalue weighted by Crippen LogP contribution is -2.39. The first-order valence-electron chi connectivity index (χ1n) is 7.79. The lowest BCUT2D eigenvalue weighted by molar-refractivity contribution is -0.114. The summed E-state index contributed by atoms with van der Waals surface area (Å²) >= 11 is 0. The number of carbonyl (C=O) groups is 3. The van der Waals surface area contributed by atoms with Crippen LogP contribution in [0.5, 0.6) is 11.5 Å². The Morgan fingerprint density at radius 1 is 1.04 bits per heavy atom. The predicted octanol–water partition coefficient (Wildman–Crippen LogP) is 1.93. The topological polar surface area (TPSA) is 102 Å². The molecule has 0 saturated carbocycles. The number of aliphatic hydroxyl groups is 1. The van der Waals surface area contributed by atoms with Crippen LogP contribution in [0.2, 0.25) is 0 Å². The number of ketones is 2. The zero-order valence-corrected chi connectivity index (χ0v) is 14.5. The molecule has 26 heavy (non-hydrogen) atoms. The summed E-state index contributed by atoms with van der Waals surface area (Å²) in [6, 6.07) is 9.01. The Morgan fingerprint density at radius 3 is 2.08 bits per heavy atom. The smallest absolute Gasteiger partial charge is 0.222 e. The van der Waals surface area contributed by atoms with Gasteiger partial charge in [0.2, 0.25) is 23.1 Å². The minimum absolute atomic E-state index is 0.0464. The second kappa shape index (κ2) is 6.27. The molecule has 0 bridgehead atoms. The fourth-order valence-electron chi connectivity index (χ4n) is 3.13. The molecule has 0 radical (unpaired) electrons. The van der Waals surface area contributed by atoms with Crippen LogP contribution in [-0.4, -0.2) is 36.8 Å². The molecule has 2 N–H and O–H groups in total. The number of carbonyl (C=O) groups excluding carboxylic acids is 3. The van der Waals surface area contributed by atoms with Gasteiger partial charge in [-0.1, -0.05) is 24.3 Å². The number of hydrogen-bond donors (Lipinski definition) is 2. The van der Waals surface area contributed by atoms with Crippen LogP contribution in [0.1, 0.15) is 33.2 Å². The van der Waals surface area contributed by atoms with Crippen LogP contribution in [-0.2, 0) is 10.4 Å². The van der Waals surface area contributed by atoms with Crippen molar-refractivity contribution in [2.45, 2.75) is 12.5 Å². The van der Waals surface area contributed by atoms with Gasteiger partial charge in [-0.15, -0.1) is 0 Å². The van der Waals surface area contributed by atoms with Crippen molar-refractivity contribution in [1.82, 2.24) is 0 Å². The molecule has 7 heteroatoms. The molecule has 0 fully saturated rings. The molecule has 1 aliphatic rings. The van der Waals surface area contributed by atoms with E-state index in [1.165, 1.54) is 45.4 Å². The summed E-state index contributed by atoms with van der Waals surface area (Å²) in [5.74, 6) is -1.61. The molecule has 0 heterocycles. The van der Waals surface area contributed by atoms with Gasteiger partial charge in [-0.2, -0.15) is 0 Å². The van der Waals surface area contributed by atoms with Crippen molar-refractivity contribution in [3.05, 3.63) is 53.1 Å². The minimum Gasteiger partial charge on any atom is -0.497 e. The van der Waals surface area contributed by atoms with E-state index in [0.29, 0.717) is 5.75 Å². The largest absolute Gasteiger partial charge is 0.497 e. The Labute approximate surface area is 149 Å². The Hall–Kier alpha value is -3.19. The maximum absolute atomic E-state index is 12.9. The van der Waals surface area contributed by atoms with Crippen LogP contribution in [0.4, 0.5) is 5.69 Å². The molecule has 134 valence electrons. The third-order valence-electron chi connectivity index (χ3n) is 4.28. The zero-order valence-electron chi connectivity index (χ0n) is 14.5. The molecule has 2 aromatic rings. The molecule has 1 aliphatic carbocycles. The lowest BCUT2D eigenvalue weighted by atomic mass is 9.86. The number of benzene rings is 2. The van der Waals surface area contributed by atoms with Gasteiger partial charge in [-0.25, -0.2) is 0 Å². The number of nitrogens with one attached hydrogen (secondary N) is 1. The summed E-state index contributed by atoms with van der Waals surface area (Å²) in [7, 11) is 2.75. The quantitative estimate of drug-likeness (QED) is 0.813. The molecule has 7 nitrogen and oxygen atoms in total. The van der Waals surface area contributed by atoms with Crippen LogP contribution in [0.15, 0.2) is 36.4 Å². The van der Waals surface area contributed by atoms with Crippen LogP contribution >= 0.6 is 0 Å². The Bertz CT molecular complexity index is 899. The number of anilines is 1. The Balaban J connectivity index is 2.30. The summed E-state index contributed by atoms with van der Waals surface area (Å²) in [5.41, 5.74) is -2.33. The second-order valence-corrected chi connectivity index (χ2v) is 5.85. The molecule has 0 unspecified atom stereocenters. The van der Waals surface area contributed by atoms with Crippen molar-refractivity contribution in [3.63, 3.8) is 0 Å². The van der Waals surface area contributed by atoms with Crippen LogP contribution in [0.3, 0.4) is 0 Å². The van der Waals surface area contributed by atoms with E-state index in [1.807, 2.05) is 0 Å². The average molecular weight is 355 g/mol. The predicted molar refractivity (Wildman–Crippen MR) is 92.8 cm³/mol. The first-order chi connectivity index (χ1) is 12.3. The third-order valence-corrected chi connectivity index (χ3v) is 4.28. The standard InChI is InChI=1S/C19H17NO6/c1-10(21)20-14-8-11(25-2)9-15(26-3)16(14)19(24)17(22)12-6-4-5-7-13(12)18(19)23/h4-9,24H,1-3H3,(H,20,21). The summed E-state index contributed by atoms with van der Waals surface area (Å²) in [5, 5.41) is 13.7. The number of fused-ring (bicyclic) bond motifs is 1. The third kappa shape index (κ3) is 2.44. The number of ether oxygens (including phenoxy) is 2. The Kier molecular flexibility index (Phi) is 4.25. The SMILES string of the molecule is COc1cc(NC(C)=O)c(C2(O)C(=O)c3ccccc3C2=O)c(OC)c1. The first kappa shape index (κ1) is 17.6. The number of Topliss-reactive ketones (excluding diaryl/α,β-unsaturated/α-hetero) is 2. The van der Waals surface area contributed by atoms with E-state index in [4.69, 9.17) is 9.47 Å². The van der Waals surface area contributed by atoms with Crippen molar-refractivity contribution >= 4 is 23.2 Å². The first-order valence-corrected chi connectivity index (χ1v) is 7.79. The summed E-state index contributed by atoms with van der Waals surface area (Å²) in [4.78, 5) is 37.5. The highest BCUT2D eigenvalue weighted by Gasteiger charge is 2.55. The zero-order chi connectivity index (χ0) is 19.1. The molecule has 2 aromatic carbocycles. The van der Waals surface area contributed by atoms with Gasteiger partial charge in [-0.3, -0.25) is 14.4 Å². The van der Waals surface area contributed by atoms with E-state index in [9.17, 15) is 19.5 Å². The molecule has 0 saturated heterocycles. The fourth-order valence-corrected chi connectivity index (χ4v) is 3.13. The van der Waals surface area contributed by atoms with Gasteiger partial charge < -0.3 is 19.9 Å². The van der Waals surface area contributed by atoms with Crippen LogP contribution < -0.4 is 14.8 Å². The van der Waals surface area contributed by atoms with Crippen molar-refractivity contribution in [1.29, 1.82) is 0 Å². The molecule has 0 aromatic heterocycles. The normalized spacial score (nSPS) is 14.8. The lowest BCUT2D eigenvalue weighted by Gasteiger charge is -2.25. The van der Waals surface area contributed by atoms with Gasteiger partial charge in [0.15, 0.2) is 0 Å². The molecular formula is C19H17NO6. The highest BCUT2D eigenvalue weighted by molar-refractivity contribution is 6.32. The van der Waals surface area contributed by atoms with Gasteiger partial charge in [0.25, 0.3) is 0 Å². The Morgan fingerprint density at radius 2 is 1.62 bits per heavy atom. The number of amides is 1. The fraction of sp³-hybridized carbons (Fsp3) is 0.211. The van der Waals surface area contributed by atoms with E-state index in [0.717, 1.165) is 0 Å². The van der Waals surface area contributed by atoms with Crippen molar-refractivity contribution < 1.29 is 29.0 Å².